The molecule has 182 valence electrons. The largest absolute Gasteiger partial charge is 0.483 e. The Morgan fingerprint density at radius 2 is 2.00 bits per heavy atom. The first-order chi connectivity index (χ1) is 17.4. The summed E-state index contributed by atoms with van der Waals surface area (Å²) in [7, 11) is 0. The number of benzene rings is 1. The Morgan fingerprint density at radius 3 is 2.83 bits per heavy atom. The number of aromatic nitrogens is 4. The number of pyridine rings is 1. The maximum atomic E-state index is 13.1. The highest BCUT2D eigenvalue weighted by Gasteiger charge is 2.16. The number of para-hydroxylation sites is 1. The van der Waals surface area contributed by atoms with E-state index < -0.39 is 11.5 Å². The van der Waals surface area contributed by atoms with Crippen LogP contribution in [-0.2, 0) is 10.5 Å². The number of rotatable bonds is 7. The normalized spacial score (nSPS) is 11.2. The van der Waals surface area contributed by atoms with Gasteiger partial charge in [0.25, 0.3) is 17.0 Å². The molecule has 0 aliphatic carbocycles. The Morgan fingerprint density at radius 1 is 1.17 bits per heavy atom. The number of fused-ring (bicyclic) bond motifs is 2. The van der Waals surface area contributed by atoms with E-state index in [-0.39, 0.29) is 23.1 Å². The van der Waals surface area contributed by atoms with Crippen LogP contribution in [0.4, 0.5) is 0 Å². The summed E-state index contributed by atoms with van der Waals surface area (Å²) in [6.45, 7) is -0.312. The van der Waals surface area contributed by atoms with Crippen LogP contribution in [-0.4, -0.2) is 31.6 Å². The maximum absolute atomic E-state index is 13.1. The fraction of sp³-hybridized carbons (Fsp3) is 0.0870. The molecule has 0 fully saturated rings. The monoisotopic (exact) mass is 603 g/mol. The zero-order valence-electron chi connectivity index (χ0n) is 18.2. The lowest BCUT2D eigenvalue weighted by molar-refractivity contribution is -0.119. The topological polar surface area (TPSA) is 108 Å². The van der Waals surface area contributed by atoms with Crippen molar-refractivity contribution in [3.63, 3.8) is 0 Å². The minimum absolute atomic E-state index is 0.236. The number of hydrogen-bond acceptors (Lipinski definition) is 8. The van der Waals surface area contributed by atoms with Crippen molar-refractivity contribution in [1.29, 1.82) is 0 Å². The number of ether oxygens (including phenoxy) is 1. The fourth-order valence-corrected chi connectivity index (χ4v) is 5.45. The van der Waals surface area contributed by atoms with Crippen molar-refractivity contribution in [1.82, 2.24) is 19.0 Å². The Hall–Kier alpha value is -3.19. The zero-order valence-corrected chi connectivity index (χ0v) is 22.2. The van der Waals surface area contributed by atoms with E-state index in [4.69, 9.17) is 16.3 Å². The van der Waals surface area contributed by atoms with Crippen molar-refractivity contribution in [3.05, 3.63) is 96.0 Å². The molecule has 1 N–H and O–H groups in total. The number of halogens is 2. The molecule has 0 aliphatic heterocycles. The van der Waals surface area contributed by atoms with Crippen molar-refractivity contribution >= 4 is 72.4 Å². The minimum Gasteiger partial charge on any atom is -0.483 e. The summed E-state index contributed by atoms with van der Waals surface area (Å²) in [4.78, 5) is 47.3. The summed E-state index contributed by atoms with van der Waals surface area (Å²) in [6.07, 6.45) is 1.50. The molecule has 9 nitrogen and oxygen atoms in total. The highest BCUT2D eigenvalue weighted by molar-refractivity contribution is 9.10. The number of amides is 1. The highest BCUT2D eigenvalue weighted by atomic mass is 79.9. The summed E-state index contributed by atoms with van der Waals surface area (Å²) in [6, 6.07) is 13.6. The summed E-state index contributed by atoms with van der Waals surface area (Å²) in [5.41, 5.74) is 3.34. The van der Waals surface area contributed by atoms with Crippen LogP contribution in [0.5, 0.6) is 5.75 Å². The van der Waals surface area contributed by atoms with Crippen molar-refractivity contribution in [2.24, 2.45) is 0 Å². The highest BCUT2D eigenvalue weighted by Crippen LogP contribution is 2.24. The van der Waals surface area contributed by atoms with Gasteiger partial charge in [0, 0.05) is 18.0 Å². The van der Waals surface area contributed by atoms with Gasteiger partial charge in [-0.15, -0.1) is 11.3 Å². The molecule has 0 saturated heterocycles. The summed E-state index contributed by atoms with van der Waals surface area (Å²) >= 11 is 11.7. The first-order valence-electron chi connectivity index (χ1n) is 10.4. The third-order valence-electron chi connectivity index (χ3n) is 4.91. The van der Waals surface area contributed by atoms with Crippen LogP contribution < -0.4 is 21.3 Å². The van der Waals surface area contributed by atoms with Crippen molar-refractivity contribution in [2.45, 2.75) is 10.9 Å². The molecule has 0 atom stereocenters. The van der Waals surface area contributed by atoms with Gasteiger partial charge in [0.05, 0.1) is 20.7 Å². The Bertz CT molecular complexity index is 1740. The van der Waals surface area contributed by atoms with Crippen LogP contribution in [0.25, 0.3) is 15.9 Å². The number of carbonyl (C=O) groups excluding carboxylic acids is 1. The predicted octanol–water partition coefficient (Wildman–Crippen LogP) is 4.32. The van der Waals surface area contributed by atoms with Gasteiger partial charge in [0.1, 0.15) is 16.1 Å². The second-order valence-electron chi connectivity index (χ2n) is 7.37. The lowest BCUT2D eigenvalue weighted by Crippen LogP contribution is -2.37. The molecule has 13 heteroatoms. The third kappa shape index (κ3) is 5.16. The Kier molecular flexibility index (Phi) is 7.10. The maximum Gasteiger partial charge on any atom is 0.291 e. The molecular formula is C23H15BrClN5O4S2. The average Bonchev–Trinajstić information content (AvgIpc) is 3.33. The molecule has 0 radical (unpaired) electrons. The lowest BCUT2D eigenvalue weighted by Gasteiger charge is -2.14. The van der Waals surface area contributed by atoms with Gasteiger partial charge < -0.3 is 4.74 Å². The quantitative estimate of drug-likeness (QED) is 0.218. The lowest BCUT2D eigenvalue weighted by atomic mass is 10.3. The molecule has 1 aromatic carbocycles. The van der Waals surface area contributed by atoms with E-state index in [0.717, 1.165) is 4.68 Å². The first kappa shape index (κ1) is 24.5. The second-order valence-corrected chi connectivity index (χ2v) is 10.5. The van der Waals surface area contributed by atoms with E-state index >= 15 is 0 Å². The van der Waals surface area contributed by atoms with Crippen LogP contribution in [0.3, 0.4) is 0 Å². The van der Waals surface area contributed by atoms with E-state index in [1.807, 2.05) is 6.07 Å². The van der Waals surface area contributed by atoms with E-state index in [1.54, 1.807) is 41.8 Å². The predicted molar refractivity (Wildman–Crippen MR) is 144 cm³/mol. The van der Waals surface area contributed by atoms with Gasteiger partial charge in [-0.2, -0.15) is 4.68 Å². The molecule has 0 unspecified atom stereocenters. The Labute approximate surface area is 224 Å². The van der Waals surface area contributed by atoms with Crippen LogP contribution in [0.1, 0.15) is 5.69 Å². The zero-order chi connectivity index (χ0) is 25.2. The van der Waals surface area contributed by atoms with Gasteiger partial charge in [-0.05, 0) is 51.6 Å². The molecule has 0 spiro atoms. The molecule has 0 saturated carbocycles. The van der Waals surface area contributed by atoms with Crippen LogP contribution >= 0.6 is 50.6 Å². The number of carbonyl (C=O) groups is 1. The van der Waals surface area contributed by atoms with Crippen LogP contribution in [0.15, 0.2) is 79.3 Å². The van der Waals surface area contributed by atoms with Gasteiger partial charge in [0.15, 0.2) is 11.8 Å². The number of thiophene rings is 1. The molecule has 4 heterocycles. The first-order valence-corrected chi connectivity index (χ1v) is 13.4. The van der Waals surface area contributed by atoms with E-state index in [1.165, 1.54) is 39.8 Å². The second kappa shape index (κ2) is 10.4. The summed E-state index contributed by atoms with van der Waals surface area (Å²) in [5.74, 6) is 0.197. The Balaban J connectivity index is 1.40. The van der Waals surface area contributed by atoms with Crippen LogP contribution in [0, 0.1) is 0 Å². The number of nitrogens with zero attached hydrogens (tertiary/aromatic N) is 4. The molecule has 0 aliphatic rings. The van der Waals surface area contributed by atoms with Crippen LogP contribution in [0.2, 0.25) is 5.02 Å². The summed E-state index contributed by atoms with van der Waals surface area (Å²) < 4.78 is 9.12. The SMILES string of the molecule is O=C(COc1ccccc1Br)Nn1c(SCc2cc(=O)n3cc(Cl)ccc3n2)nc2ccsc2c1=O. The summed E-state index contributed by atoms with van der Waals surface area (Å²) in [5, 5.41) is 2.43. The molecule has 5 aromatic rings. The van der Waals surface area contributed by atoms with Gasteiger partial charge >= 0.3 is 0 Å². The molecule has 1 amide bonds. The standard InChI is InChI=1S/C23H15BrClN5O4S2/c24-15-3-1-2-4-17(15)34-11-19(31)28-30-22(33)21-16(7-8-35-21)27-23(30)36-12-14-9-20(32)29-10-13(25)5-6-18(29)26-14/h1-10H,11-12H2,(H,28,31). The van der Waals surface area contributed by atoms with Crippen molar-refractivity contribution in [3.8, 4) is 5.75 Å². The fourth-order valence-electron chi connectivity index (χ4n) is 3.29. The average molecular weight is 605 g/mol. The van der Waals surface area contributed by atoms with Gasteiger partial charge in [-0.25, -0.2) is 9.97 Å². The third-order valence-corrected chi connectivity index (χ3v) is 7.65. The van der Waals surface area contributed by atoms with Gasteiger partial charge in [-0.3, -0.25) is 24.2 Å². The van der Waals surface area contributed by atoms with Crippen molar-refractivity contribution < 1.29 is 9.53 Å². The molecule has 5 rings (SSSR count). The number of thioether (sulfide) groups is 1. The molecule has 36 heavy (non-hydrogen) atoms. The van der Waals surface area contributed by atoms with Crippen molar-refractivity contribution in [2.75, 3.05) is 12.0 Å². The molecular weight excluding hydrogens is 590 g/mol. The van der Waals surface area contributed by atoms with Gasteiger partial charge in [0.2, 0.25) is 0 Å². The minimum atomic E-state index is -0.536. The van der Waals surface area contributed by atoms with E-state index in [0.29, 0.717) is 36.8 Å². The molecule has 4 aromatic heterocycles. The van der Waals surface area contributed by atoms with E-state index in [2.05, 4.69) is 31.3 Å². The molecule has 0 bridgehead atoms. The smallest absolute Gasteiger partial charge is 0.291 e. The number of hydrogen-bond donors (Lipinski definition) is 1. The van der Waals surface area contributed by atoms with Gasteiger partial charge in [-0.1, -0.05) is 35.5 Å². The number of nitrogens with one attached hydrogen (secondary N) is 1. The van der Waals surface area contributed by atoms with E-state index in [9.17, 15) is 14.4 Å².